The van der Waals surface area contributed by atoms with Gasteiger partial charge in [0.15, 0.2) is 5.69 Å². The molecule has 5 rings (SSSR count). The molecule has 2 aliphatic rings. The molecule has 3 heterocycles. The zero-order valence-corrected chi connectivity index (χ0v) is 26.1. The van der Waals surface area contributed by atoms with Crippen LogP contribution in [0.1, 0.15) is 32.8 Å². The molecule has 0 spiro atoms. The van der Waals surface area contributed by atoms with E-state index in [0.717, 1.165) is 45.2 Å². The Labute approximate surface area is 268 Å². The first-order chi connectivity index (χ1) is 21.5. The van der Waals surface area contributed by atoms with Crippen LogP contribution in [0.2, 0.25) is 10.0 Å². The van der Waals surface area contributed by atoms with Gasteiger partial charge in [0.25, 0.3) is 11.8 Å². The largest absolute Gasteiger partial charge is 0.417 e. The Hall–Kier alpha value is -3.43. The predicted octanol–water partition coefficient (Wildman–Crippen LogP) is 4.05. The highest BCUT2D eigenvalue weighted by molar-refractivity contribution is 6.42. The second-order valence-corrected chi connectivity index (χ2v) is 11.7. The van der Waals surface area contributed by atoms with Crippen LogP contribution >= 0.6 is 23.2 Å². The van der Waals surface area contributed by atoms with Crippen molar-refractivity contribution in [1.29, 1.82) is 0 Å². The molecule has 2 N–H and O–H groups in total. The predicted molar refractivity (Wildman–Crippen MR) is 165 cm³/mol. The fourth-order valence-corrected chi connectivity index (χ4v) is 5.49. The number of anilines is 2. The van der Waals surface area contributed by atoms with Gasteiger partial charge >= 0.3 is 6.18 Å². The fourth-order valence-electron chi connectivity index (χ4n) is 5.16. The normalized spacial score (nSPS) is 16.5. The minimum Gasteiger partial charge on any atom is -0.379 e. The van der Waals surface area contributed by atoms with Crippen molar-refractivity contribution in [2.45, 2.75) is 12.6 Å². The monoisotopic (exact) mass is 668 g/mol. The Balaban J connectivity index is 1.36. The van der Waals surface area contributed by atoms with Crippen molar-refractivity contribution in [2.75, 3.05) is 82.8 Å². The summed E-state index contributed by atoms with van der Waals surface area (Å²) < 4.78 is 48.3. The number of benzene rings is 2. The summed E-state index contributed by atoms with van der Waals surface area (Å²) >= 11 is 11.9. The third-order valence-electron chi connectivity index (χ3n) is 7.71. The lowest BCUT2D eigenvalue weighted by Crippen LogP contribution is -2.44. The second-order valence-electron chi connectivity index (χ2n) is 10.9. The summed E-state index contributed by atoms with van der Waals surface area (Å²) in [4.78, 5) is 32.6. The number of alkyl halides is 3. The lowest BCUT2D eigenvalue weighted by atomic mass is 10.1. The first-order valence-electron chi connectivity index (χ1n) is 14.5. The van der Waals surface area contributed by atoms with Gasteiger partial charge in [0, 0.05) is 45.8 Å². The number of nitrogens with one attached hydrogen (secondary N) is 2. The molecule has 2 saturated heterocycles. The number of rotatable bonds is 9. The molecule has 0 radical (unpaired) electrons. The maximum Gasteiger partial charge on any atom is 0.417 e. The van der Waals surface area contributed by atoms with Gasteiger partial charge in [-0.1, -0.05) is 28.4 Å². The summed E-state index contributed by atoms with van der Waals surface area (Å²) in [6.45, 7) is 7.26. The molecule has 2 amide bonds. The van der Waals surface area contributed by atoms with Gasteiger partial charge in [-0.2, -0.15) is 13.2 Å². The molecular formula is C29H33Cl2F3N8O3. The van der Waals surface area contributed by atoms with Crippen molar-refractivity contribution in [3.8, 4) is 5.69 Å². The van der Waals surface area contributed by atoms with E-state index in [-0.39, 0.29) is 27.3 Å². The van der Waals surface area contributed by atoms with Gasteiger partial charge in [-0.3, -0.25) is 14.5 Å². The zero-order chi connectivity index (χ0) is 32.1. The third-order valence-corrected chi connectivity index (χ3v) is 8.44. The number of halogens is 5. The van der Waals surface area contributed by atoms with Crippen LogP contribution in [0.3, 0.4) is 0 Å². The first-order valence-corrected chi connectivity index (χ1v) is 15.2. The van der Waals surface area contributed by atoms with Gasteiger partial charge in [0.05, 0.1) is 57.6 Å². The molecule has 1 aromatic heterocycles. The van der Waals surface area contributed by atoms with E-state index in [1.165, 1.54) is 10.9 Å². The first kappa shape index (κ1) is 32.9. The quantitative estimate of drug-likeness (QED) is 0.329. The molecule has 242 valence electrons. The number of aromatic nitrogens is 3. The van der Waals surface area contributed by atoms with Crippen LogP contribution in [0.25, 0.3) is 5.69 Å². The highest BCUT2D eigenvalue weighted by atomic mass is 35.5. The zero-order valence-electron chi connectivity index (χ0n) is 24.5. The van der Waals surface area contributed by atoms with Crippen LogP contribution in [0.5, 0.6) is 0 Å². The molecule has 2 fully saturated rings. The third kappa shape index (κ3) is 8.24. The Bertz CT molecular complexity index is 1520. The minimum absolute atomic E-state index is 0.0979. The summed E-state index contributed by atoms with van der Waals surface area (Å²) in [5.41, 5.74) is -0.463. The fraction of sp³-hybridized carbons (Fsp3) is 0.448. The number of morpholine rings is 1. The Kier molecular flexibility index (Phi) is 10.5. The topological polar surface area (TPSA) is 108 Å². The second kappa shape index (κ2) is 14.3. The van der Waals surface area contributed by atoms with Crippen LogP contribution in [0.4, 0.5) is 24.5 Å². The van der Waals surface area contributed by atoms with Gasteiger partial charge < -0.3 is 25.2 Å². The van der Waals surface area contributed by atoms with Crippen molar-refractivity contribution in [3.63, 3.8) is 0 Å². The average Bonchev–Trinajstić information content (AvgIpc) is 3.51. The van der Waals surface area contributed by atoms with Crippen molar-refractivity contribution in [3.05, 3.63) is 63.4 Å². The molecule has 0 bridgehead atoms. The maximum absolute atomic E-state index is 13.8. The van der Waals surface area contributed by atoms with E-state index in [0.29, 0.717) is 50.3 Å². The minimum atomic E-state index is -4.84. The number of hydrogen-bond acceptors (Lipinski definition) is 8. The van der Waals surface area contributed by atoms with E-state index < -0.39 is 23.2 Å². The van der Waals surface area contributed by atoms with Crippen LogP contribution < -0.4 is 15.5 Å². The van der Waals surface area contributed by atoms with Crippen LogP contribution in [-0.4, -0.2) is 109 Å². The average molecular weight is 670 g/mol. The molecule has 16 heteroatoms. The van der Waals surface area contributed by atoms with Crippen molar-refractivity contribution < 1.29 is 27.5 Å². The highest BCUT2D eigenvalue weighted by Crippen LogP contribution is 2.38. The molecule has 2 aromatic carbocycles. The summed E-state index contributed by atoms with van der Waals surface area (Å²) in [7, 11) is 1.99. The van der Waals surface area contributed by atoms with Gasteiger partial charge in [-0.25, -0.2) is 4.68 Å². The van der Waals surface area contributed by atoms with Crippen LogP contribution in [0.15, 0.2) is 36.5 Å². The molecule has 11 nitrogen and oxygen atoms in total. The Morgan fingerprint density at radius 3 is 2.40 bits per heavy atom. The van der Waals surface area contributed by atoms with E-state index in [2.05, 4.69) is 30.7 Å². The number of carbonyl (C=O) groups excluding carboxylic acids is 2. The Morgan fingerprint density at radius 2 is 1.69 bits per heavy atom. The summed E-state index contributed by atoms with van der Waals surface area (Å²) in [5, 5.41) is 13.1. The lowest BCUT2D eigenvalue weighted by Gasteiger charge is -2.35. The maximum atomic E-state index is 13.8. The number of ether oxygens (including phenoxy) is 1. The lowest BCUT2D eigenvalue weighted by molar-refractivity contribution is -0.137. The van der Waals surface area contributed by atoms with Crippen molar-refractivity contribution in [2.24, 2.45) is 0 Å². The van der Waals surface area contributed by atoms with Gasteiger partial charge in [-0.05, 0) is 50.3 Å². The van der Waals surface area contributed by atoms with E-state index in [1.54, 1.807) is 18.2 Å². The van der Waals surface area contributed by atoms with E-state index in [9.17, 15) is 22.8 Å². The standard InChI is InChI=1S/C29H33Cl2F3N8O3/c1-39-7-9-41(10-8-39)26-4-3-19(15-24(26)36-27(43)20-16-22(30)23(31)17-21(20)29(32,33)34)42-18-25(37-38-42)28(44)35-5-2-6-40-11-13-45-14-12-40/h3-4,15-18H,2,5-14H2,1H3,(H,35,44)(H,36,43). The van der Waals surface area contributed by atoms with E-state index in [1.807, 2.05) is 11.9 Å². The van der Waals surface area contributed by atoms with Gasteiger partial charge in [0.2, 0.25) is 0 Å². The molecule has 0 atom stereocenters. The SMILES string of the molecule is CN1CCN(c2ccc(-n3cc(C(=O)NCCCN4CCOCC4)nn3)cc2NC(=O)c2cc(Cl)c(Cl)cc2C(F)(F)F)CC1. The molecule has 0 aliphatic carbocycles. The number of likely N-dealkylation sites (N-methyl/N-ethyl adjacent to an activating group) is 1. The molecular weight excluding hydrogens is 636 g/mol. The van der Waals surface area contributed by atoms with Crippen molar-refractivity contribution >= 4 is 46.4 Å². The highest BCUT2D eigenvalue weighted by Gasteiger charge is 2.36. The Morgan fingerprint density at radius 1 is 0.978 bits per heavy atom. The number of carbonyl (C=O) groups is 2. The molecule has 3 aromatic rings. The number of piperazine rings is 1. The van der Waals surface area contributed by atoms with Crippen molar-refractivity contribution in [1.82, 2.24) is 30.1 Å². The summed E-state index contributed by atoms with van der Waals surface area (Å²) in [6, 6.07) is 6.62. The van der Waals surface area contributed by atoms with E-state index >= 15 is 0 Å². The molecule has 0 unspecified atom stereocenters. The smallest absolute Gasteiger partial charge is 0.379 e. The van der Waals surface area contributed by atoms with Crippen LogP contribution in [0, 0.1) is 0 Å². The molecule has 2 aliphatic heterocycles. The number of amides is 2. The molecule has 0 saturated carbocycles. The summed E-state index contributed by atoms with van der Waals surface area (Å²) in [6.07, 6.45) is -2.62. The van der Waals surface area contributed by atoms with E-state index in [4.69, 9.17) is 27.9 Å². The van der Waals surface area contributed by atoms with Gasteiger partial charge in [0.1, 0.15) is 0 Å². The van der Waals surface area contributed by atoms with Gasteiger partial charge in [-0.15, -0.1) is 5.10 Å². The molecule has 45 heavy (non-hydrogen) atoms. The van der Waals surface area contributed by atoms with Crippen LogP contribution in [-0.2, 0) is 10.9 Å². The summed E-state index contributed by atoms with van der Waals surface area (Å²) in [5.74, 6) is -1.39. The number of nitrogens with zero attached hydrogens (tertiary/aromatic N) is 6. The number of hydrogen-bond donors (Lipinski definition) is 2.